The molecule has 0 aliphatic carbocycles. The van der Waals surface area contributed by atoms with Crippen LogP contribution in [-0.2, 0) is 35.8 Å². The number of allylic oxidation sites excluding steroid dienone is 1. The molecule has 87 heavy (non-hydrogen) atoms. The number of aryl methyl sites for hydroxylation is 1. The third-order valence-corrected chi connectivity index (χ3v) is 20.8. The molecule has 0 saturated heterocycles. The van der Waals surface area contributed by atoms with Gasteiger partial charge in [0.2, 0.25) is 5.91 Å². The molecular formula is C72H76B2N6O6Si. The van der Waals surface area contributed by atoms with E-state index >= 15 is 0 Å². The average molecular weight is 1170 g/mol. The highest BCUT2D eigenvalue weighted by Crippen LogP contribution is 2.39. The predicted molar refractivity (Wildman–Crippen MR) is 358 cm³/mol. The number of Topliss-reactive ketones (excluding diaryl/α,β-unsaturated/α-hetero) is 1. The van der Waals surface area contributed by atoms with Gasteiger partial charge in [-0.15, -0.1) is 0 Å². The minimum absolute atomic E-state index is 0.00808. The lowest BCUT2D eigenvalue weighted by Gasteiger charge is -2.34. The Morgan fingerprint density at radius 1 is 0.632 bits per heavy atom. The first kappa shape index (κ1) is 63.0. The number of carbonyl (C=O) groups excluding carboxylic acids is 2. The Balaban J connectivity index is 1.27. The van der Waals surface area contributed by atoms with Crippen LogP contribution in [-0.4, -0.2) is 90.6 Å². The number of nitrogens with zero attached hydrogens (tertiary/aromatic N) is 4. The molecule has 9 rings (SSSR count). The summed E-state index contributed by atoms with van der Waals surface area (Å²) in [6.07, 6.45) is 4.33. The predicted octanol–water partition coefficient (Wildman–Crippen LogP) is 7.70. The van der Waals surface area contributed by atoms with E-state index in [9.17, 15) is 40.2 Å². The molecule has 1 amide bonds. The zero-order valence-corrected chi connectivity index (χ0v) is 52.0. The number of anilines is 1. The Kier molecular flexibility index (Phi) is 19.9. The van der Waals surface area contributed by atoms with Crippen molar-refractivity contribution in [2.75, 3.05) is 32.0 Å². The number of nitrogens with one attached hydrogen (secondary N) is 2. The van der Waals surface area contributed by atoms with Gasteiger partial charge in [-0.2, -0.15) is 10.5 Å². The molecule has 8 aromatic carbocycles. The molecule has 6 N–H and O–H groups in total. The standard InChI is InChI=1S/C72H76B2N6O6Si/c1-10-49-20-26-60-69(36-49)87(8,9)70-39-56(77-7)25-28-61(70)71(60)62-37-52(23-19-48(62)6)53-24-27-59-63(38-53)65(45-79(32-14-13-18-68(81)46(2)3)42-54-34-50(40-75)21-29-66(54)73(83)84)58-17-12-11-16-57(58)64(59)44-80(33-15-31-78-72(82)47(4)5)43-55-35-51(41-76)22-30-67(55)74(85)86/h10-12,16-17,19-30,34-39,77,83-86H,2,4,13-15,18,31-33,42-45H2,1,3,5-9H3,(H,78,82)/b49-10+. The van der Waals surface area contributed by atoms with Gasteiger partial charge in [0, 0.05) is 64.0 Å². The normalized spacial score (nSPS) is 12.6. The lowest BCUT2D eigenvalue weighted by Crippen LogP contribution is -2.63. The molecule has 1 heterocycles. The quantitative estimate of drug-likeness (QED) is 0.0150. The zero-order valence-electron chi connectivity index (χ0n) is 51.0. The van der Waals surface area contributed by atoms with Gasteiger partial charge in [0.25, 0.3) is 0 Å². The highest BCUT2D eigenvalue weighted by molar-refractivity contribution is 7.01. The average Bonchev–Trinajstić information content (AvgIpc) is 0.753. The Bertz CT molecular complexity index is 4240. The number of amides is 1. The molecular weight excluding hydrogens is 1090 g/mol. The van der Waals surface area contributed by atoms with Crippen LogP contribution in [0.4, 0.5) is 5.69 Å². The first-order valence-electron chi connectivity index (χ1n) is 29.8. The van der Waals surface area contributed by atoms with E-state index in [1.54, 1.807) is 50.2 Å². The summed E-state index contributed by atoms with van der Waals surface area (Å²) < 4.78 is 0. The Morgan fingerprint density at radius 3 is 1.79 bits per heavy atom. The third kappa shape index (κ3) is 13.9. The number of nitriles is 2. The summed E-state index contributed by atoms with van der Waals surface area (Å²) in [6, 6.07) is 49.7. The fraction of sp³-hybridized carbons (Fsp3) is 0.250. The summed E-state index contributed by atoms with van der Waals surface area (Å²) in [7, 11) is -3.80. The number of fused-ring (bicyclic) bond motifs is 4. The molecule has 0 spiro atoms. The molecule has 0 unspecified atom stereocenters. The van der Waals surface area contributed by atoms with E-state index < -0.39 is 22.3 Å². The number of unbranched alkanes of at least 4 members (excludes halogenated alkanes) is 1. The van der Waals surface area contributed by atoms with Gasteiger partial charge in [-0.3, -0.25) is 19.4 Å². The molecule has 8 aromatic rings. The molecule has 0 aromatic heterocycles. The number of hydrogen-bond acceptors (Lipinski definition) is 11. The first-order chi connectivity index (χ1) is 41.7. The monoisotopic (exact) mass is 1170 g/mol. The van der Waals surface area contributed by atoms with Crippen molar-refractivity contribution in [2.24, 2.45) is 0 Å². The van der Waals surface area contributed by atoms with E-state index in [-0.39, 0.29) is 24.8 Å². The Labute approximate surface area is 513 Å². The van der Waals surface area contributed by atoms with Crippen molar-refractivity contribution < 1.29 is 29.7 Å². The molecule has 12 nitrogen and oxygen atoms in total. The van der Waals surface area contributed by atoms with Crippen LogP contribution in [0.5, 0.6) is 0 Å². The van der Waals surface area contributed by atoms with E-state index in [2.05, 4.69) is 164 Å². The zero-order chi connectivity index (χ0) is 62.3. The van der Waals surface area contributed by atoms with Crippen molar-refractivity contribution in [2.45, 2.75) is 92.7 Å². The summed E-state index contributed by atoms with van der Waals surface area (Å²) in [4.78, 5) is 30.1. The topological polar surface area (TPSA) is 193 Å². The summed E-state index contributed by atoms with van der Waals surface area (Å²) >= 11 is 0. The number of benzene rings is 8. The van der Waals surface area contributed by atoms with Gasteiger partial charge < -0.3 is 30.7 Å². The fourth-order valence-corrected chi connectivity index (χ4v) is 15.5. The van der Waals surface area contributed by atoms with Gasteiger partial charge in [0.15, 0.2) is 5.78 Å². The van der Waals surface area contributed by atoms with Gasteiger partial charge in [0.05, 0.1) is 23.3 Å². The van der Waals surface area contributed by atoms with Crippen LogP contribution in [0.25, 0.3) is 44.3 Å². The van der Waals surface area contributed by atoms with Crippen molar-refractivity contribution in [3.63, 3.8) is 0 Å². The molecule has 0 saturated carbocycles. The van der Waals surface area contributed by atoms with E-state index in [4.69, 9.17) is 0 Å². The van der Waals surface area contributed by atoms with Gasteiger partial charge >= 0.3 is 14.2 Å². The SMILES string of the molecule is C=C(C)C(=O)CCCCN(Cc1cc(C#N)ccc1B(O)O)Cc1c2ccccc2c(CN(CCCNC(=O)C(=C)C)Cc2cc(C#N)ccc2B(O)O)c2ccc(-c3ccc(C)c(C4=c5cc/c(=C\C)cc5[Si](C)(C)c5cc(NC)ccc54)c3)cc12. The molecule has 0 fully saturated rings. The van der Waals surface area contributed by atoms with Crippen molar-refractivity contribution in [1.82, 2.24) is 15.1 Å². The smallest absolute Gasteiger partial charge is 0.423 e. The van der Waals surface area contributed by atoms with Crippen molar-refractivity contribution in [3.05, 3.63) is 218 Å². The highest BCUT2D eigenvalue weighted by atomic mass is 28.3. The maximum atomic E-state index is 12.9. The summed E-state index contributed by atoms with van der Waals surface area (Å²) in [5.74, 6) is -0.229. The van der Waals surface area contributed by atoms with Crippen molar-refractivity contribution >= 4 is 94.2 Å². The van der Waals surface area contributed by atoms with Gasteiger partial charge in [-0.25, -0.2) is 0 Å². The second-order valence-corrected chi connectivity index (χ2v) is 28.0. The van der Waals surface area contributed by atoms with E-state index in [0.717, 1.165) is 60.6 Å². The van der Waals surface area contributed by atoms with E-state index in [1.807, 2.05) is 19.2 Å². The summed E-state index contributed by atoms with van der Waals surface area (Å²) in [5.41, 5.74) is 13.4. The summed E-state index contributed by atoms with van der Waals surface area (Å²) in [5, 5.41) is 78.5. The highest BCUT2D eigenvalue weighted by Gasteiger charge is 2.36. The fourth-order valence-electron chi connectivity index (χ4n) is 12.4. The lowest BCUT2D eigenvalue weighted by atomic mass is 9.76. The van der Waals surface area contributed by atoms with Crippen LogP contribution in [0, 0.1) is 29.6 Å². The molecule has 1 aliphatic heterocycles. The molecule has 0 bridgehead atoms. The van der Waals surface area contributed by atoms with E-state index in [0.29, 0.717) is 103 Å². The maximum Gasteiger partial charge on any atom is 0.488 e. The molecule has 15 heteroatoms. The van der Waals surface area contributed by atoms with E-state index in [1.165, 1.54) is 31.9 Å². The van der Waals surface area contributed by atoms with Gasteiger partial charge in [0.1, 0.15) is 8.07 Å². The van der Waals surface area contributed by atoms with Crippen LogP contribution < -0.4 is 42.4 Å². The van der Waals surface area contributed by atoms with Crippen LogP contribution in [0.3, 0.4) is 0 Å². The molecule has 0 radical (unpaired) electrons. The second kappa shape index (κ2) is 27.5. The van der Waals surface area contributed by atoms with Crippen LogP contribution in [0.2, 0.25) is 13.1 Å². The largest absolute Gasteiger partial charge is 0.488 e. The number of hydrogen-bond donors (Lipinski definition) is 6. The first-order valence-corrected chi connectivity index (χ1v) is 32.8. The van der Waals surface area contributed by atoms with Crippen LogP contribution >= 0.6 is 0 Å². The molecule has 440 valence electrons. The Hall–Kier alpha value is -8.47. The summed E-state index contributed by atoms with van der Waals surface area (Å²) in [6.45, 7) is 23.0. The number of rotatable bonds is 24. The maximum absolute atomic E-state index is 12.9. The van der Waals surface area contributed by atoms with Crippen LogP contribution in [0.1, 0.15) is 96.5 Å². The van der Waals surface area contributed by atoms with Gasteiger partial charge in [-0.1, -0.05) is 117 Å². The minimum Gasteiger partial charge on any atom is -0.423 e. The molecule has 1 aliphatic rings. The van der Waals surface area contributed by atoms with Gasteiger partial charge in [-0.05, 0) is 217 Å². The molecule has 0 atom stereocenters. The Morgan fingerprint density at radius 2 is 1.22 bits per heavy atom. The number of ketones is 1. The minimum atomic E-state index is -2.20. The third-order valence-electron chi connectivity index (χ3n) is 17.2. The van der Waals surface area contributed by atoms with Crippen molar-refractivity contribution in [1.29, 1.82) is 10.5 Å². The second-order valence-electron chi connectivity index (χ2n) is 23.7. The number of carbonyl (C=O) groups is 2. The van der Waals surface area contributed by atoms with Crippen molar-refractivity contribution in [3.8, 4) is 23.3 Å². The van der Waals surface area contributed by atoms with Crippen LogP contribution in [0.15, 0.2) is 158 Å². The lowest BCUT2D eigenvalue weighted by molar-refractivity contribution is -0.117.